The lowest BCUT2D eigenvalue weighted by molar-refractivity contribution is -0.147. The van der Waals surface area contributed by atoms with Crippen molar-refractivity contribution in [2.75, 3.05) is 17.2 Å². The van der Waals surface area contributed by atoms with Crippen LogP contribution in [0.25, 0.3) is 11.0 Å². The maximum atomic E-state index is 14.2. The van der Waals surface area contributed by atoms with Gasteiger partial charge in [0.05, 0.1) is 27.3 Å². The molecule has 0 unspecified atom stereocenters. The summed E-state index contributed by atoms with van der Waals surface area (Å²) in [5, 5.41) is 15.2. The molecule has 34 heavy (non-hydrogen) atoms. The van der Waals surface area contributed by atoms with E-state index in [9.17, 15) is 17.6 Å². The van der Waals surface area contributed by atoms with Crippen LogP contribution >= 0.6 is 23.2 Å². The molecule has 2 aromatic heterocycles. The Kier molecular flexibility index (Phi) is 6.78. The van der Waals surface area contributed by atoms with Crippen molar-refractivity contribution < 1.29 is 22.7 Å². The Balaban J connectivity index is 1.62. The summed E-state index contributed by atoms with van der Waals surface area (Å²) in [5.41, 5.74) is 1.13. The largest absolute Gasteiger partial charge is 0.449 e. The number of nitrogens with one attached hydrogen (secondary N) is 2. The summed E-state index contributed by atoms with van der Waals surface area (Å²) in [6.07, 6.45) is -3.57. The van der Waals surface area contributed by atoms with E-state index in [1.165, 1.54) is 30.3 Å². The van der Waals surface area contributed by atoms with Gasteiger partial charge in [-0.2, -0.15) is 18.2 Å². The van der Waals surface area contributed by atoms with Crippen LogP contribution in [0.2, 0.25) is 10.0 Å². The molecule has 0 aliphatic heterocycles. The highest BCUT2D eigenvalue weighted by Crippen LogP contribution is 2.33. The zero-order valence-corrected chi connectivity index (χ0v) is 18.7. The van der Waals surface area contributed by atoms with Crippen LogP contribution in [0.3, 0.4) is 0 Å². The zero-order chi connectivity index (χ0) is 24.5. The third kappa shape index (κ3) is 5.16. The Hall–Kier alpha value is -3.15. The van der Waals surface area contributed by atoms with E-state index in [1.807, 2.05) is 0 Å². The van der Waals surface area contributed by atoms with Gasteiger partial charge in [0.25, 0.3) is 0 Å². The van der Waals surface area contributed by atoms with E-state index in [-0.39, 0.29) is 47.4 Å². The third-order valence-corrected chi connectivity index (χ3v) is 5.46. The number of imidazole rings is 1. The first-order chi connectivity index (χ1) is 16.2. The van der Waals surface area contributed by atoms with Crippen LogP contribution in [0, 0.1) is 5.82 Å². The molecule has 178 valence electrons. The maximum Gasteiger partial charge on any atom is 0.449 e. The van der Waals surface area contributed by atoms with Gasteiger partial charge < -0.3 is 20.3 Å². The van der Waals surface area contributed by atoms with Gasteiger partial charge >= 0.3 is 6.18 Å². The average molecular weight is 515 g/mol. The van der Waals surface area contributed by atoms with E-state index in [0.717, 1.165) is 10.8 Å². The molecule has 0 aliphatic rings. The molecule has 0 bridgehead atoms. The summed E-state index contributed by atoms with van der Waals surface area (Å²) in [6.45, 7) is -0.295. The van der Waals surface area contributed by atoms with E-state index in [1.54, 1.807) is 6.07 Å². The second kappa shape index (κ2) is 9.61. The standard InChI is InChI=1S/C21H16Cl2F4N6O/c22-13-4-2-11(8-14(13)23)29-18-15(24)10-28-20(32-18)30-12-3-5-17-16(9-12)31-19(21(25,26)27)33(17)6-1-7-34/h2-5,8-10,34H,1,6-7H2,(H2,28,29,30,32). The maximum absolute atomic E-state index is 14.2. The number of fused-ring (bicyclic) bond motifs is 1. The number of hydrogen-bond donors (Lipinski definition) is 3. The average Bonchev–Trinajstić information content (AvgIpc) is 3.15. The van der Waals surface area contributed by atoms with E-state index >= 15 is 0 Å². The number of aliphatic hydroxyl groups is 1. The second-order valence-electron chi connectivity index (χ2n) is 7.13. The van der Waals surface area contributed by atoms with Crippen molar-refractivity contribution in [3.8, 4) is 0 Å². The lowest BCUT2D eigenvalue weighted by Gasteiger charge is -2.11. The summed E-state index contributed by atoms with van der Waals surface area (Å²) >= 11 is 11.9. The fraction of sp³-hybridized carbons (Fsp3) is 0.190. The molecule has 0 radical (unpaired) electrons. The van der Waals surface area contributed by atoms with Crippen molar-refractivity contribution >= 4 is 57.4 Å². The molecule has 0 atom stereocenters. The number of rotatable bonds is 7. The highest BCUT2D eigenvalue weighted by molar-refractivity contribution is 6.42. The molecule has 7 nitrogen and oxygen atoms in total. The molecular weight excluding hydrogens is 499 g/mol. The van der Waals surface area contributed by atoms with Gasteiger partial charge in [-0.05, 0) is 42.8 Å². The fourth-order valence-electron chi connectivity index (χ4n) is 3.23. The SMILES string of the molecule is OCCCn1c(C(F)(F)F)nc2cc(Nc3ncc(F)c(Nc4ccc(Cl)c(Cl)c4)n3)ccc21. The summed E-state index contributed by atoms with van der Waals surface area (Å²) in [7, 11) is 0. The zero-order valence-electron chi connectivity index (χ0n) is 17.2. The lowest BCUT2D eigenvalue weighted by atomic mass is 10.2. The minimum atomic E-state index is -4.66. The molecular formula is C21H16Cl2F4N6O. The molecule has 4 aromatic rings. The Labute approximate surface area is 200 Å². The van der Waals surface area contributed by atoms with Crippen molar-refractivity contribution in [1.82, 2.24) is 19.5 Å². The van der Waals surface area contributed by atoms with Crippen molar-refractivity contribution in [3.63, 3.8) is 0 Å². The predicted molar refractivity (Wildman–Crippen MR) is 121 cm³/mol. The van der Waals surface area contributed by atoms with E-state index in [2.05, 4.69) is 25.6 Å². The van der Waals surface area contributed by atoms with Crippen molar-refractivity contribution in [1.29, 1.82) is 0 Å². The Bertz CT molecular complexity index is 1350. The molecule has 0 saturated carbocycles. The molecule has 13 heteroatoms. The topological polar surface area (TPSA) is 87.9 Å². The summed E-state index contributed by atoms with van der Waals surface area (Å²) in [4.78, 5) is 11.7. The van der Waals surface area contributed by atoms with Gasteiger partial charge in [0.15, 0.2) is 11.6 Å². The van der Waals surface area contributed by atoms with E-state index in [0.29, 0.717) is 16.4 Å². The van der Waals surface area contributed by atoms with Crippen LogP contribution in [-0.4, -0.2) is 31.2 Å². The van der Waals surface area contributed by atoms with Gasteiger partial charge in [0.1, 0.15) is 0 Å². The first kappa shape index (κ1) is 24.0. The quantitative estimate of drug-likeness (QED) is 0.256. The molecule has 0 fully saturated rings. The molecule has 3 N–H and O–H groups in total. The Morgan fingerprint density at radius 3 is 2.41 bits per heavy atom. The van der Waals surface area contributed by atoms with Gasteiger partial charge in [-0.15, -0.1) is 0 Å². The van der Waals surface area contributed by atoms with Crippen molar-refractivity contribution in [2.24, 2.45) is 0 Å². The monoisotopic (exact) mass is 514 g/mol. The third-order valence-electron chi connectivity index (χ3n) is 4.72. The number of hydrogen-bond acceptors (Lipinski definition) is 6. The number of aliphatic hydroxyl groups excluding tert-OH is 1. The number of halogens is 6. The van der Waals surface area contributed by atoms with Crippen molar-refractivity contribution in [2.45, 2.75) is 19.1 Å². The van der Waals surface area contributed by atoms with Crippen LogP contribution in [0.1, 0.15) is 12.2 Å². The van der Waals surface area contributed by atoms with Crippen LogP contribution < -0.4 is 10.6 Å². The first-order valence-electron chi connectivity index (χ1n) is 9.85. The van der Waals surface area contributed by atoms with Gasteiger partial charge in [0, 0.05) is 24.5 Å². The Morgan fingerprint density at radius 2 is 1.71 bits per heavy atom. The van der Waals surface area contributed by atoms with E-state index < -0.39 is 17.8 Å². The van der Waals surface area contributed by atoms with Gasteiger partial charge in [-0.1, -0.05) is 23.2 Å². The highest BCUT2D eigenvalue weighted by atomic mass is 35.5. The smallest absolute Gasteiger partial charge is 0.396 e. The minimum Gasteiger partial charge on any atom is -0.396 e. The summed E-state index contributed by atoms with van der Waals surface area (Å²) < 4.78 is 55.5. The van der Waals surface area contributed by atoms with Crippen LogP contribution in [0.5, 0.6) is 0 Å². The number of anilines is 4. The molecule has 2 heterocycles. The second-order valence-corrected chi connectivity index (χ2v) is 7.95. The molecule has 0 aliphatic carbocycles. The predicted octanol–water partition coefficient (Wildman–Crippen LogP) is 6.16. The molecule has 0 saturated heterocycles. The van der Waals surface area contributed by atoms with Crippen LogP contribution in [0.4, 0.5) is 40.7 Å². The summed E-state index contributed by atoms with van der Waals surface area (Å²) in [5.74, 6) is -1.94. The molecule has 0 spiro atoms. The Morgan fingerprint density at radius 1 is 0.971 bits per heavy atom. The van der Waals surface area contributed by atoms with E-state index in [4.69, 9.17) is 28.3 Å². The number of nitrogens with zero attached hydrogens (tertiary/aromatic N) is 4. The number of aryl methyl sites for hydroxylation is 1. The van der Waals surface area contributed by atoms with Crippen LogP contribution in [-0.2, 0) is 12.7 Å². The minimum absolute atomic E-state index is 0.000863. The number of alkyl halides is 3. The summed E-state index contributed by atoms with van der Waals surface area (Å²) in [6, 6.07) is 9.02. The fourth-order valence-corrected chi connectivity index (χ4v) is 3.53. The van der Waals surface area contributed by atoms with Crippen molar-refractivity contribution in [3.05, 3.63) is 64.3 Å². The van der Waals surface area contributed by atoms with Gasteiger partial charge in [-0.3, -0.25) is 0 Å². The molecule has 2 aromatic carbocycles. The van der Waals surface area contributed by atoms with Gasteiger partial charge in [0.2, 0.25) is 11.8 Å². The molecule has 0 amide bonds. The first-order valence-corrected chi connectivity index (χ1v) is 10.6. The number of aromatic nitrogens is 4. The molecule has 4 rings (SSSR count). The van der Waals surface area contributed by atoms with Crippen LogP contribution in [0.15, 0.2) is 42.6 Å². The highest BCUT2D eigenvalue weighted by Gasteiger charge is 2.37. The normalized spacial score (nSPS) is 11.7. The number of benzene rings is 2. The lowest BCUT2D eigenvalue weighted by Crippen LogP contribution is -2.15. The van der Waals surface area contributed by atoms with Gasteiger partial charge in [-0.25, -0.2) is 14.4 Å².